The van der Waals surface area contributed by atoms with Crippen LogP contribution in [-0.4, -0.2) is 45.9 Å². The summed E-state index contributed by atoms with van der Waals surface area (Å²) in [4.78, 5) is 25.4. The molecule has 3 heterocycles. The monoisotopic (exact) mass is 310 g/mol. The van der Waals surface area contributed by atoms with E-state index in [1.54, 1.807) is 13.3 Å². The van der Waals surface area contributed by atoms with E-state index in [2.05, 4.69) is 25.8 Å². The number of aromatic nitrogens is 2. The molecule has 2 aromatic rings. The number of carbonyl (C=O) groups excluding carboxylic acids is 1. The van der Waals surface area contributed by atoms with Crippen LogP contribution in [0.15, 0.2) is 30.6 Å². The van der Waals surface area contributed by atoms with Gasteiger partial charge in [-0.15, -0.1) is 0 Å². The van der Waals surface area contributed by atoms with Crippen LogP contribution in [0, 0.1) is 0 Å². The summed E-state index contributed by atoms with van der Waals surface area (Å²) in [7, 11) is 0. The lowest BCUT2D eigenvalue weighted by Crippen LogP contribution is -2.48. The maximum absolute atomic E-state index is 12.0. The Morgan fingerprint density at radius 2 is 1.87 bits per heavy atom. The predicted molar refractivity (Wildman–Crippen MR) is 90.3 cm³/mol. The average molecular weight is 310 g/mol. The number of fused-ring (bicyclic) bond motifs is 1. The number of para-hydroxylation sites is 1. The zero-order valence-corrected chi connectivity index (χ0v) is 13.5. The van der Waals surface area contributed by atoms with E-state index in [1.807, 2.05) is 18.2 Å². The number of nitrogens with zero attached hydrogens (tertiary/aromatic N) is 4. The van der Waals surface area contributed by atoms with E-state index in [9.17, 15) is 4.79 Å². The molecule has 5 heteroatoms. The number of rotatable bonds is 2. The summed E-state index contributed by atoms with van der Waals surface area (Å²) in [6, 6.07) is 8.87. The average Bonchev–Trinajstić information content (AvgIpc) is 3.22. The molecule has 0 spiro atoms. The minimum absolute atomic E-state index is 0.201. The third kappa shape index (κ3) is 2.44. The molecule has 0 aliphatic carbocycles. The fourth-order valence-electron chi connectivity index (χ4n) is 4.26. The largest absolute Gasteiger partial charge is 0.351 e. The molecule has 2 atom stereocenters. The van der Waals surface area contributed by atoms with Gasteiger partial charge in [-0.25, -0.2) is 9.97 Å². The van der Waals surface area contributed by atoms with E-state index >= 15 is 0 Å². The van der Waals surface area contributed by atoms with Crippen LogP contribution in [0.3, 0.4) is 0 Å². The fraction of sp³-hybridized carbons (Fsp3) is 0.500. The minimum atomic E-state index is 0.201. The molecule has 1 aromatic heterocycles. The molecule has 2 saturated heterocycles. The first-order valence-electron chi connectivity index (χ1n) is 8.49. The second kappa shape index (κ2) is 5.80. The molecule has 4 rings (SSSR count). The summed E-state index contributed by atoms with van der Waals surface area (Å²) in [5.74, 6) is 1.22. The van der Waals surface area contributed by atoms with Crippen LogP contribution in [0.1, 0.15) is 32.6 Å². The Balaban J connectivity index is 1.71. The first-order chi connectivity index (χ1) is 11.3. The molecule has 23 heavy (non-hydrogen) atoms. The maximum Gasteiger partial charge on any atom is 0.219 e. The standard InChI is InChI=1S/C18H22N4O/c1-13(23)21-10-4-8-16(21)17-9-5-11-22(17)18-14-6-2-3-7-15(14)19-12-20-18/h2-3,6-7,12,16-17H,4-5,8-11H2,1H3/t16-,17-/m0/s1. The molecular weight excluding hydrogens is 288 g/mol. The van der Waals surface area contributed by atoms with Crippen molar-refractivity contribution in [2.45, 2.75) is 44.7 Å². The van der Waals surface area contributed by atoms with Gasteiger partial charge in [-0.05, 0) is 37.8 Å². The Bertz CT molecular complexity index is 727. The second-order valence-electron chi connectivity index (χ2n) is 6.54. The van der Waals surface area contributed by atoms with Gasteiger partial charge in [-0.1, -0.05) is 12.1 Å². The van der Waals surface area contributed by atoms with E-state index < -0.39 is 0 Å². The SMILES string of the molecule is CC(=O)N1CCC[C@H]1[C@@H]1CCCN1c1ncnc2ccccc12. The van der Waals surface area contributed by atoms with Crippen LogP contribution in [-0.2, 0) is 4.79 Å². The molecule has 0 unspecified atom stereocenters. The van der Waals surface area contributed by atoms with Crippen molar-refractivity contribution < 1.29 is 4.79 Å². The highest BCUT2D eigenvalue weighted by Gasteiger charge is 2.39. The van der Waals surface area contributed by atoms with Crippen molar-refractivity contribution in [2.24, 2.45) is 0 Å². The van der Waals surface area contributed by atoms with Gasteiger partial charge in [-0.2, -0.15) is 0 Å². The third-order valence-corrected chi connectivity index (χ3v) is 5.24. The number of amides is 1. The fourth-order valence-corrected chi connectivity index (χ4v) is 4.26. The van der Waals surface area contributed by atoms with E-state index in [1.165, 1.54) is 0 Å². The number of benzene rings is 1. The highest BCUT2D eigenvalue weighted by molar-refractivity contribution is 5.89. The van der Waals surface area contributed by atoms with E-state index in [4.69, 9.17) is 0 Å². The summed E-state index contributed by atoms with van der Waals surface area (Å²) < 4.78 is 0. The molecule has 0 saturated carbocycles. The van der Waals surface area contributed by atoms with Crippen LogP contribution in [0.4, 0.5) is 5.82 Å². The highest BCUT2D eigenvalue weighted by atomic mass is 16.2. The lowest BCUT2D eigenvalue weighted by atomic mass is 10.0. The summed E-state index contributed by atoms with van der Waals surface area (Å²) in [6.07, 6.45) is 6.16. The Kier molecular flexibility index (Phi) is 3.63. The third-order valence-electron chi connectivity index (χ3n) is 5.24. The summed E-state index contributed by atoms with van der Waals surface area (Å²) in [5, 5.41) is 1.11. The van der Waals surface area contributed by atoms with Crippen LogP contribution in [0.25, 0.3) is 10.9 Å². The topological polar surface area (TPSA) is 49.3 Å². The number of carbonyl (C=O) groups is 1. The Labute approximate surface area is 136 Å². The quantitative estimate of drug-likeness (QED) is 0.855. The summed E-state index contributed by atoms with van der Waals surface area (Å²) >= 11 is 0. The smallest absolute Gasteiger partial charge is 0.219 e. The van der Waals surface area contributed by atoms with E-state index in [-0.39, 0.29) is 5.91 Å². The van der Waals surface area contributed by atoms with Gasteiger partial charge in [0, 0.05) is 25.4 Å². The normalized spacial score (nSPS) is 24.6. The highest BCUT2D eigenvalue weighted by Crippen LogP contribution is 2.35. The van der Waals surface area contributed by atoms with Crippen molar-refractivity contribution in [2.75, 3.05) is 18.0 Å². The zero-order valence-electron chi connectivity index (χ0n) is 13.5. The molecule has 5 nitrogen and oxygen atoms in total. The second-order valence-corrected chi connectivity index (χ2v) is 6.54. The van der Waals surface area contributed by atoms with Gasteiger partial charge in [0.25, 0.3) is 0 Å². The van der Waals surface area contributed by atoms with Crippen molar-refractivity contribution in [3.63, 3.8) is 0 Å². The first-order valence-corrected chi connectivity index (χ1v) is 8.49. The van der Waals surface area contributed by atoms with Crippen LogP contribution in [0.5, 0.6) is 0 Å². The van der Waals surface area contributed by atoms with Crippen molar-refractivity contribution in [3.8, 4) is 0 Å². The molecule has 2 aliphatic heterocycles. The molecule has 0 bridgehead atoms. The zero-order chi connectivity index (χ0) is 15.8. The minimum Gasteiger partial charge on any atom is -0.351 e. The van der Waals surface area contributed by atoms with Gasteiger partial charge in [0.1, 0.15) is 12.1 Å². The molecule has 0 N–H and O–H groups in total. The van der Waals surface area contributed by atoms with Gasteiger partial charge >= 0.3 is 0 Å². The Morgan fingerprint density at radius 3 is 2.74 bits per heavy atom. The predicted octanol–water partition coefficient (Wildman–Crippen LogP) is 2.61. The summed E-state index contributed by atoms with van der Waals surface area (Å²) in [6.45, 7) is 3.60. The molecule has 120 valence electrons. The lowest BCUT2D eigenvalue weighted by molar-refractivity contribution is -0.129. The maximum atomic E-state index is 12.0. The number of likely N-dealkylation sites (tertiary alicyclic amines) is 1. The van der Waals surface area contributed by atoms with Gasteiger partial charge in [0.15, 0.2) is 0 Å². The van der Waals surface area contributed by atoms with Gasteiger partial charge in [0.2, 0.25) is 5.91 Å². The molecule has 2 aliphatic rings. The summed E-state index contributed by atoms with van der Waals surface area (Å²) in [5.41, 5.74) is 0.984. The van der Waals surface area contributed by atoms with Crippen molar-refractivity contribution in [1.29, 1.82) is 0 Å². The van der Waals surface area contributed by atoms with Gasteiger partial charge in [-0.3, -0.25) is 4.79 Å². The van der Waals surface area contributed by atoms with E-state index in [0.717, 1.165) is 55.5 Å². The molecule has 2 fully saturated rings. The Hall–Kier alpha value is -2.17. The number of hydrogen-bond donors (Lipinski definition) is 0. The van der Waals surface area contributed by atoms with Gasteiger partial charge in [0.05, 0.1) is 17.6 Å². The number of anilines is 1. The van der Waals surface area contributed by atoms with Gasteiger partial charge < -0.3 is 9.80 Å². The first kappa shape index (κ1) is 14.4. The van der Waals surface area contributed by atoms with E-state index in [0.29, 0.717) is 12.1 Å². The van der Waals surface area contributed by atoms with Crippen LogP contribution in [0.2, 0.25) is 0 Å². The van der Waals surface area contributed by atoms with Crippen LogP contribution >= 0.6 is 0 Å². The van der Waals surface area contributed by atoms with Crippen molar-refractivity contribution >= 4 is 22.6 Å². The molecule has 1 amide bonds. The number of hydrogen-bond acceptors (Lipinski definition) is 4. The molecule has 0 radical (unpaired) electrons. The van der Waals surface area contributed by atoms with Crippen LogP contribution < -0.4 is 4.90 Å². The molecule has 1 aromatic carbocycles. The lowest BCUT2D eigenvalue weighted by Gasteiger charge is -2.35. The Morgan fingerprint density at radius 1 is 1.09 bits per heavy atom. The van der Waals surface area contributed by atoms with Crippen molar-refractivity contribution in [1.82, 2.24) is 14.9 Å². The van der Waals surface area contributed by atoms with Crippen molar-refractivity contribution in [3.05, 3.63) is 30.6 Å². The molecular formula is C18H22N4O.